The fourth-order valence-electron chi connectivity index (χ4n) is 0.814. The fraction of sp³-hybridized carbons (Fsp3) is 0.250. The van der Waals surface area contributed by atoms with Gasteiger partial charge in [-0.2, -0.15) is 0 Å². The molecule has 0 amide bonds. The number of aromatic nitrogens is 1. The average molecular weight is 250 g/mol. The molecule has 0 saturated carbocycles. The molecule has 3 nitrogen and oxygen atoms in total. The summed E-state index contributed by atoms with van der Waals surface area (Å²) in [5.74, 6) is 0.507. The van der Waals surface area contributed by atoms with Gasteiger partial charge in [-0.05, 0) is 24.7 Å². The maximum absolute atomic E-state index is 6.00. The van der Waals surface area contributed by atoms with E-state index in [-0.39, 0.29) is 0 Å². The quantitative estimate of drug-likeness (QED) is 0.751. The van der Waals surface area contributed by atoms with Crippen LogP contribution in [-0.4, -0.2) is 17.1 Å². The Morgan fingerprint density at radius 3 is 2.71 bits per heavy atom. The molecule has 0 aromatic carbocycles. The fourth-order valence-corrected chi connectivity index (χ4v) is 1.30. The van der Waals surface area contributed by atoms with Crippen molar-refractivity contribution in [2.75, 3.05) is 12.4 Å². The molecule has 14 heavy (non-hydrogen) atoms. The summed E-state index contributed by atoms with van der Waals surface area (Å²) >= 11 is 16.8. The van der Waals surface area contributed by atoms with Crippen LogP contribution in [0.5, 0.6) is 0 Å². The van der Waals surface area contributed by atoms with Crippen molar-refractivity contribution in [3.05, 3.63) is 21.8 Å². The van der Waals surface area contributed by atoms with Crippen LogP contribution in [0.2, 0.25) is 10.0 Å². The van der Waals surface area contributed by atoms with Gasteiger partial charge in [-0.3, -0.25) is 0 Å². The molecule has 0 aliphatic carbocycles. The number of pyridine rings is 1. The maximum Gasteiger partial charge on any atom is 0.171 e. The lowest BCUT2D eigenvalue weighted by molar-refractivity contribution is 1.18. The molecule has 0 unspecified atom stereocenters. The van der Waals surface area contributed by atoms with Crippen molar-refractivity contribution in [2.24, 2.45) is 0 Å². The van der Waals surface area contributed by atoms with E-state index < -0.39 is 0 Å². The molecule has 0 bridgehead atoms. The van der Waals surface area contributed by atoms with Crippen LogP contribution in [-0.2, 0) is 0 Å². The second-order valence-corrected chi connectivity index (χ2v) is 3.79. The highest BCUT2D eigenvalue weighted by Crippen LogP contribution is 2.28. The van der Waals surface area contributed by atoms with E-state index in [4.69, 9.17) is 35.4 Å². The Hall–Kier alpha value is -0.580. The van der Waals surface area contributed by atoms with Gasteiger partial charge >= 0.3 is 0 Å². The molecule has 6 heteroatoms. The van der Waals surface area contributed by atoms with Gasteiger partial charge in [0, 0.05) is 13.2 Å². The van der Waals surface area contributed by atoms with E-state index in [2.05, 4.69) is 15.6 Å². The van der Waals surface area contributed by atoms with Crippen molar-refractivity contribution in [1.82, 2.24) is 10.3 Å². The molecule has 0 aliphatic rings. The maximum atomic E-state index is 6.00. The summed E-state index contributed by atoms with van der Waals surface area (Å²) in [5, 5.41) is 7.09. The minimum Gasteiger partial charge on any atom is -0.365 e. The number of hydrogen-bond acceptors (Lipinski definition) is 2. The third kappa shape index (κ3) is 2.47. The zero-order valence-electron chi connectivity index (χ0n) is 7.69. The van der Waals surface area contributed by atoms with Crippen LogP contribution in [0.1, 0.15) is 5.56 Å². The van der Waals surface area contributed by atoms with Gasteiger partial charge in [0.25, 0.3) is 0 Å². The van der Waals surface area contributed by atoms with E-state index in [9.17, 15) is 0 Å². The van der Waals surface area contributed by atoms with Gasteiger partial charge < -0.3 is 10.6 Å². The van der Waals surface area contributed by atoms with E-state index in [0.29, 0.717) is 21.0 Å². The van der Waals surface area contributed by atoms with Crippen LogP contribution in [0.25, 0.3) is 0 Å². The third-order valence-electron chi connectivity index (χ3n) is 1.66. The molecule has 0 saturated heterocycles. The highest BCUT2D eigenvalue weighted by Gasteiger charge is 2.08. The number of nitrogens with one attached hydrogen (secondary N) is 2. The Morgan fingerprint density at radius 2 is 2.14 bits per heavy atom. The summed E-state index contributed by atoms with van der Waals surface area (Å²) in [5.41, 5.74) is 0.782. The lowest BCUT2D eigenvalue weighted by Gasteiger charge is -2.09. The number of hydrogen-bond donors (Lipinski definition) is 2. The van der Waals surface area contributed by atoms with Gasteiger partial charge in [0.15, 0.2) is 10.9 Å². The van der Waals surface area contributed by atoms with E-state index in [1.807, 2.05) is 6.92 Å². The normalized spacial score (nSPS) is 9.71. The molecule has 0 spiro atoms. The Morgan fingerprint density at radius 1 is 1.50 bits per heavy atom. The van der Waals surface area contributed by atoms with Crippen LogP contribution in [0.3, 0.4) is 0 Å². The molecule has 1 aromatic heterocycles. The number of anilines is 1. The zero-order valence-corrected chi connectivity index (χ0v) is 10.0. The monoisotopic (exact) mass is 249 g/mol. The highest BCUT2D eigenvalue weighted by molar-refractivity contribution is 7.80. The lowest BCUT2D eigenvalue weighted by Crippen LogP contribution is -2.24. The van der Waals surface area contributed by atoms with Gasteiger partial charge in [-0.15, -0.1) is 0 Å². The summed E-state index contributed by atoms with van der Waals surface area (Å²) < 4.78 is 0. The standard InChI is InChI=1S/C8H9Cl2N3S/c1-4-5(9)3-12-7(6(4)10)13-8(14)11-2/h3H,1-2H3,(H2,11,12,13,14). The number of nitrogens with zero attached hydrogens (tertiary/aromatic N) is 1. The smallest absolute Gasteiger partial charge is 0.171 e. The summed E-state index contributed by atoms with van der Waals surface area (Å²) in [7, 11) is 1.71. The lowest BCUT2D eigenvalue weighted by atomic mass is 10.3. The van der Waals surface area contributed by atoms with Crippen molar-refractivity contribution in [2.45, 2.75) is 6.92 Å². The van der Waals surface area contributed by atoms with Crippen LogP contribution in [0.15, 0.2) is 6.20 Å². The Labute approximate surface area is 97.8 Å². The molecule has 1 rings (SSSR count). The van der Waals surface area contributed by atoms with E-state index in [1.54, 1.807) is 7.05 Å². The minimum atomic E-state index is 0.459. The topological polar surface area (TPSA) is 37.0 Å². The van der Waals surface area contributed by atoms with E-state index in [1.165, 1.54) is 6.20 Å². The highest BCUT2D eigenvalue weighted by atomic mass is 35.5. The SMILES string of the molecule is CNC(=S)Nc1ncc(Cl)c(C)c1Cl. The Bertz CT molecular complexity index is 368. The molecular weight excluding hydrogens is 241 g/mol. The van der Waals surface area contributed by atoms with Gasteiger partial charge in [0.05, 0.1) is 10.0 Å². The molecule has 1 heterocycles. The molecule has 0 fully saturated rings. The van der Waals surface area contributed by atoms with E-state index in [0.717, 1.165) is 5.56 Å². The zero-order chi connectivity index (χ0) is 10.7. The molecule has 76 valence electrons. The largest absolute Gasteiger partial charge is 0.365 e. The first-order chi connectivity index (χ1) is 6.56. The van der Waals surface area contributed by atoms with Gasteiger partial charge in [-0.25, -0.2) is 4.98 Å². The first-order valence-electron chi connectivity index (χ1n) is 3.85. The summed E-state index contributed by atoms with van der Waals surface area (Å²) in [6, 6.07) is 0. The van der Waals surface area contributed by atoms with Crippen molar-refractivity contribution in [3.63, 3.8) is 0 Å². The Balaban J connectivity index is 3.00. The van der Waals surface area contributed by atoms with Crippen molar-refractivity contribution >= 4 is 46.4 Å². The number of rotatable bonds is 1. The summed E-state index contributed by atoms with van der Waals surface area (Å²) in [4.78, 5) is 4.02. The van der Waals surface area contributed by atoms with E-state index >= 15 is 0 Å². The molecule has 0 radical (unpaired) electrons. The van der Waals surface area contributed by atoms with Crippen molar-refractivity contribution in [1.29, 1.82) is 0 Å². The van der Waals surface area contributed by atoms with Crippen LogP contribution in [0, 0.1) is 6.92 Å². The predicted octanol–water partition coefficient (Wildman–Crippen LogP) is 2.61. The number of thiocarbonyl (C=S) groups is 1. The van der Waals surface area contributed by atoms with Gasteiger partial charge in [0.2, 0.25) is 0 Å². The summed E-state index contributed by atoms with van der Waals surface area (Å²) in [6.07, 6.45) is 1.53. The minimum absolute atomic E-state index is 0.459. The summed E-state index contributed by atoms with van der Waals surface area (Å²) in [6.45, 7) is 1.82. The second-order valence-electron chi connectivity index (χ2n) is 2.60. The number of halogens is 2. The van der Waals surface area contributed by atoms with Crippen LogP contribution >= 0.6 is 35.4 Å². The van der Waals surface area contributed by atoms with Crippen LogP contribution in [0.4, 0.5) is 5.82 Å². The predicted molar refractivity (Wildman–Crippen MR) is 64.3 cm³/mol. The van der Waals surface area contributed by atoms with Crippen molar-refractivity contribution < 1.29 is 0 Å². The third-order valence-corrected chi connectivity index (χ3v) is 2.81. The molecule has 1 aromatic rings. The first-order valence-corrected chi connectivity index (χ1v) is 5.02. The Kier molecular flexibility index (Phi) is 3.92. The van der Waals surface area contributed by atoms with Gasteiger partial charge in [0.1, 0.15) is 0 Å². The average Bonchev–Trinajstić information content (AvgIpc) is 2.19. The van der Waals surface area contributed by atoms with Crippen molar-refractivity contribution in [3.8, 4) is 0 Å². The van der Waals surface area contributed by atoms with Gasteiger partial charge in [-0.1, -0.05) is 23.2 Å². The molecule has 2 N–H and O–H groups in total. The second kappa shape index (κ2) is 4.77. The molecule has 0 atom stereocenters. The van der Waals surface area contributed by atoms with Crippen LogP contribution < -0.4 is 10.6 Å². The molecule has 0 aliphatic heterocycles. The first kappa shape index (κ1) is 11.5. The molecular formula is C8H9Cl2N3S.